The van der Waals surface area contributed by atoms with E-state index in [1.54, 1.807) is 12.5 Å². The van der Waals surface area contributed by atoms with Gasteiger partial charge in [0, 0.05) is 7.05 Å². The van der Waals surface area contributed by atoms with Crippen LogP contribution in [0.3, 0.4) is 0 Å². The lowest BCUT2D eigenvalue weighted by atomic mass is 10.0. The van der Waals surface area contributed by atoms with E-state index in [2.05, 4.69) is 4.98 Å². The zero-order valence-corrected chi connectivity index (χ0v) is 10.4. The van der Waals surface area contributed by atoms with Crippen LogP contribution in [-0.2, 0) is 7.05 Å². The molecule has 2 N–H and O–H groups in total. The van der Waals surface area contributed by atoms with E-state index in [1.165, 1.54) is 0 Å². The van der Waals surface area contributed by atoms with Gasteiger partial charge in [0.05, 0.1) is 30.4 Å². The standard InChI is InChI=1S/C14H17N3O/c1-17-9-16-8-13(17)14(15)10-3-2-4-12(7-10)18-11-5-6-11/h2-4,7-9,11,14H,5-6,15H2,1H3. The maximum absolute atomic E-state index is 6.26. The van der Waals surface area contributed by atoms with E-state index in [1.807, 2.05) is 35.9 Å². The fourth-order valence-electron chi connectivity index (χ4n) is 2.00. The van der Waals surface area contributed by atoms with Crippen molar-refractivity contribution in [1.29, 1.82) is 0 Å². The van der Waals surface area contributed by atoms with Crippen LogP contribution in [-0.4, -0.2) is 15.7 Å². The molecule has 1 saturated carbocycles. The van der Waals surface area contributed by atoms with E-state index in [9.17, 15) is 0 Å². The average molecular weight is 243 g/mol. The number of nitrogens with two attached hydrogens (primary N) is 1. The van der Waals surface area contributed by atoms with Crippen molar-refractivity contribution in [2.45, 2.75) is 25.0 Å². The predicted molar refractivity (Wildman–Crippen MR) is 69.3 cm³/mol. The smallest absolute Gasteiger partial charge is 0.120 e. The second-order valence-corrected chi connectivity index (χ2v) is 4.80. The minimum atomic E-state index is -0.166. The van der Waals surface area contributed by atoms with Crippen LogP contribution in [0.25, 0.3) is 0 Å². The van der Waals surface area contributed by atoms with Crippen LogP contribution in [0.4, 0.5) is 0 Å². The van der Waals surface area contributed by atoms with Crippen LogP contribution in [0, 0.1) is 0 Å². The summed E-state index contributed by atoms with van der Waals surface area (Å²) in [5.74, 6) is 0.910. The SMILES string of the molecule is Cn1cncc1C(N)c1cccc(OC2CC2)c1. The lowest BCUT2D eigenvalue weighted by Gasteiger charge is -2.14. The van der Waals surface area contributed by atoms with E-state index >= 15 is 0 Å². The third kappa shape index (κ3) is 2.24. The number of nitrogens with zero attached hydrogens (tertiary/aromatic N) is 2. The first-order valence-corrected chi connectivity index (χ1v) is 6.22. The molecule has 1 fully saturated rings. The van der Waals surface area contributed by atoms with Gasteiger partial charge in [-0.2, -0.15) is 0 Å². The summed E-state index contributed by atoms with van der Waals surface area (Å²) in [6.45, 7) is 0. The van der Waals surface area contributed by atoms with Gasteiger partial charge < -0.3 is 15.0 Å². The molecule has 0 spiro atoms. The molecule has 0 bridgehead atoms. The molecule has 1 unspecified atom stereocenters. The first-order chi connectivity index (χ1) is 8.74. The Hall–Kier alpha value is -1.81. The molecule has 94 valence electrons. The molecule has 0 amide bonds. The van der Waals surface area contributed by atoms with Gasteiger partial charge in [-0.25, -0.2) is 4.98 Å². The number of aryl methyl sites for hydroxylation is 1. The minimum absolute atomic E-state index is 0.166. The molecule has 3 rings (SSSR count). The minimum Gasteiger partial charge on any atom is -0.490 e. The van der Waals surface area contributed by atoms with Crippen molar-refractivity contribution in [1.82, 2.24) is 9.55 Å². The molecule has 1 aliphatic rings. The summed E-state index contributed by atoms with van der Waals surface area (Å²) in [5, 5.41) is 0. The monoisotopic (exact) mass is 243 g/mol. The van der Waals surface area contributed by atoms with Crippen molar-refractivity contribution in [2.24, 2.45) is 12.8 Å². The van der Waals surface area contributed by atoms with Crippen molar-refractivity contribution in [2.75, 3.05) is 0 Å². The van der Waals surface area contributed by atoms with Crippen LogP contribution in [0.5, 0.6) is 5.75 Å². The highest BCUT2D eigenvalue weighted by Crippen LogP contribution is 2.29. The van der Waals surface area contributed by atoms with Crippen molar-refractivity contribution in [3.63, 3.8) is 0 Å². The molecule has 18 heavy (non-hydrogen) atoms. The number of aromatic nitrogens is 2. The van der Waals surface area contributed by atoms with Gasteiger partial charge in [-0.3, -0.25) is 0 Å². The van der Waals surface area contributed by atoms with Crippen molar-refractivity contribution < 1.29 is 4.74 Å². The molecule has 0 aliphatic heterocycles. The van der Waals surface area contributed by atoms with Gasteiger partial charge in [-0.15, -0.1) is 0 Å². The Morgan fingerprint density at radius 1 is 1.44 bits per heavy atom. The van der Waals surface area contributed by atoms with Crippen molar-refractivity contribution in [3.05, 3.63) is 48.0 Å². The average Bonchev–Trinajstić information content (AvgIpc) is 3.08. The van der Waals surface area contributed by atoms with E-state index < -0.39 is 0 Å². The zero-order chi connectivity index (χ0) is 12.5. The van der Waals surface area contributed by atoms with Crippen molar-refractivity contribution in [3.8, 4) is 5.75 Å². The summed E-state index contributed by atoms with van der Waals surface area (Å²) in [6.07, 6.45) is 6.31. The number of imidazole rings is 1. The summed E-state index contributed by atoms with van der Waals surface area (Å²) in [5.41, 5.74) is 8.31. The normalized spacial score (nSPS) is 16.6. The van der Waals surface area contributed by atoms with E-state index in [4.69, 9.17) is 10.5 Å². The largest absolute Gasteiger partial charge is 0.490 e. The van der Waals surface area contributed by atoms with Gasteiger partial charge in [0.25, 0.3) is 0 Å². The first kappa shape index (κ1) is 11.3. The van der Waals surface area contributed by atoms with Gasteiger partial charge in [-0.05, 0) is 30.5 Å². The lowest BCUT2D eigenvalue weighted by molar-refractivity contribution is 0.303. The number of hydrogen-bond donors (Lipinski definition) is 1. The number of hydrogen-bond acceptors (Lipinski definition) is 3. The molecule has 1 aromatic heterocycles. The first-order valence-electron chi connectivity index (χ1n) is 6.22. The highest BCUT2D eigenvalue weighted by molar-refractivity contribution is 5.34. The third-order valence-electron chi connectivity index (χ3n) is 3.22. The molecule has 0 saturated heterocycles. The summed E-state index contributed by atoms with van der Waals surface area (Å²) in [7, 11) is 1.95. The summed E-state index contributed by atoms with van der Waals surface area (Å²) < 4.78 is 7.73. The fraction of sp³-hybridized carbons (Fsp3) is 0.357. The summed E-state index contributed by atoms with van der Waals surface area (Å²) in [6, 6.07) is 7.86. The fourth-order valence-corrected chi connectivity index (χ4v) is 2.00. The Kier molecular flexibility index (Phi) is 2.80. The van der Waals surface area contributed by atoms with Gasteiger partial charge in [0.1, 0.15) is 5.75 Å². The van der Waals surface area contributed by atoms with Crippen LogP contribution in [0.1, 0.15) is 30.1 Å². The molecule has 1 heterocycles. The van der Waals surface area contributed by atoms with Gasteiger partial charge >= 0.3 is 0 Å². The van der Waals surface area contributed by atoms with Crippen LogP contribution < -0.4 is 10.5 Å². The Morgan fingerprint density at radius 3 is 2.94 bits per heavy atom. The highest BCUT2D eigenvalue weighted by Gasteiger charge is 2.23. The van der Waals surface area contributed by atoms with E-state index in [0.29, 0.717) is 6.10 Å². The maximum atomic E-state index is 6.26. The summed E-state index contributed by atoms with van der Waals surface area (Å²) in [4.78, 5) is 4.10. The molecular weight excluding hydrogens is 226 g/mol. The Labute approximate surface area is 106 Å². The molecule has 1 aromatic carbocycles. The predicted octanol–water partition coefficient (Wildman–Crippen LogP) is 2.01. The molecule has 4 nitrogen and oxygen atoms in total. The lowest BCUT2D eigenvalue weighted by Crippen LogP contribution is -2.15. The van der Waals surface area contributed by atoms with E-state index in [-0.39, 0.29) is 6.04 Å². The quantitative estimate of drug-likeness (QED) is 0.893. The Bertz CT molecular complexity index is 545. The third-order valence-corrected chi connectivity index (χ3v) is 3.22. The number of benzene rings is 1. The molecule has 1 atom stereocenters. The molecule has 2 aromatic rings. The van der Waals surface area contributed by atoms with Crippen LogP contribution >= 0.6 is 0 Å². The molecule has 1 aliphatic carbocycles. The van der Waals surface area contributed by atoms with Crippen LogP contribution in [0.2, 0.25) is 0 Å². The maximum Gasteiger partial charge on any atom is 0.120 e. The van der Waals surface area contributed by atoms with Gasteiger partial charge in [0.15, 0.2) is 0 Å². The van der Waals surface area contributed by atoms with Crippen molar-refractivity contribution >= 4 is 0 Å². The molecule has 0 radical (unpaired) electrons. The molecular formula is C14H17N3O. The Balaban J connectivity index is 1.84. The zero-order valence-electron chi connectivity index (χ0n) is 10.4. The van der Waals surface area contributed by atoms with Gasteiger partial charge in [0.2, 0.25) is 0 Å². The topological polar surface area (TPSA) is 53.1 Å². The van der Waals surface area contributed by atoms with Crippen LogP contribution in [0.15, 0.2) is 36.8 Å². The van der Waals surface area contributed by atoms with Gasteiger partial charge in [-0.1, -0.05) is 12.1 Å². The second kappa shape index (κ2) is 4.46. The molecule has 4 heteroatoms. The highest BCUT2D eigenvalue weighted by atomic mass is 16.5. The summed E-state index contributed by atoms with van der Waals surface area (Å²) >= 11 is 0. The van der Waals surface area contributed by atoms with E-state index in [0.717, 1.165) is 29.8 Å². The second-order valence-electron chi connectivity index (χ2n) is 4.80. The Morgan fingerprint density at radius 2 is 2.28 bits per heavy atom. The number of ether oxygens (including phenoxy) is 1. The number of rotatable bonds is 4.